The Hall–Kier alpha value is -1.28. The Morgan fingerprint density at radius 3 is 2.19 bits per heavy atom. The maximum Gasteiger partial charge on any atom is 0.137 e. The van der Waals surface area contributed by atoms with Gasteiger partial charge in [-0.15, -0.1) is 0 Å². The standard InChI is InChI=1S/C19H23BrO/c1-13(2)16-10-17(14(3)4)19(18(20)11-16)21-12-15-8-6-5-7-9-15/h5-11,13-14H,12H2,1-4H3. The van der Waals surface area contributed by atoms with E-state index in [9.17, 15) is 0 Å². The van der Waals surface area contributed by atoms with E-state index in [4.69, 9.17) is 4.74 Å². The van der Waals surface area contributed by atoms with Crippen LogP contribution in [0.1, 0.15) is 56.2 Å². The molecule has 112 valence electrons. The number of ether oxygens (including phenoxy) is 1. The highest BCUT2D eigenvalue weighted by Gasteiger charge is 2.15. The van der Waals surface area contributed by atoms with Gasteiger partial charge in [0.2, 0.25) is 0 Å². The van der Waals surface area contributed by atoms with E-state index in [-0.39, 0.29) is 0 Å². The van der Waals surface area contributed by atoms with Crippen molar-refractivity contribution in [3.8, 4) is 5.75 Å². The van der Waals surface area contributed by atoms with Gasteiger partial charge in [-0.1, -0.05) is 64.1 Å². The van der Waals surface area contributed by atoms with Gasteiger partial charge in [-0.25, -0.2) is 0 Å². The number of halogens is 1. The highest BCUT2D eigenvalue weighted by molar-refractivity contribution is 9.10. The van der Waals surface area contributed by atoms with Crippen LogP contribution in [-0.2, 0) is 6.61 Å². The molecule has 0 aliphatic heterocycles. The van der Waals surface area contributed by atoms with Gasteiger partial charge in [0.25, 0.3) is 0 Å². The summed E-state index contributed by atoms with van der Waals surface area (Å²) in [6.45, 7) is 9.45. The SMILES string of the molecule is CC(C)c1cc(Br)c(OCc2ccccc2)c(C(C)C)c1. The number of rotatable bonds is 5. The van der Waals surface area contributed by atoms with Crippen LogP contribution < -0.4 is 4.74 Å². The first-order valence-electron chi connectivity index (χ1n) is 7.49. The molecule has 2 rings (SSSR count). The van der Waals surface area contributed by atoms with Crippen LogP contribution in [0.4, 0.5) is 0 Å². The lowest BCUT2D eigenvalue weighted by Gasteiger charge is -2.19. The van der Waals surface area contributed by atoms with Gasteiger partial charge >= 0.3 is 0 Å². The van der Waals surface area contributed by atoms with Crippen LogP contribution in [0.25, 0.3) is 0 Å². The topological polar surface area (TPSA) is 9.23 Å². The Bertz CT molecular complexity index is 588. The van der Waals surface area contributed by atoms with Crippen LogP contribution in [0.2, 0.25) is 0 Å². The van der Waals surface area contributed by atoms with Crippen LogP contribution in [0.15, 0.2) is 46.9 Å². The summed E-state index contributed by atoms with van der Waals surface area (Å²) in [5.74, 6) is 1.92. The van der Waals surface area contributed by atoms with Gasteiger partial charge in [-0.05, 0) is 50.5 Å². The highest BCUT2D eigenvalue weighted by atomic mass is 79.9. The summed E-state index contributed by atoms with van der Waals surface area (Å²) < 4.78 is 7.15. The first-order chi connectivity index (χ1) is 9.99. The fourth-order valence-corrected chi connectivity index (χ4v) is 2.89. The molecule has 0 aromatic heterocycles. The zero-order valence-electron chi connectivity index (χ0n) is 13.2. The van der Waals surface area contributed by atoms with Crippen LogP contribution in [0.3, 0.4) is 0 Å². The first-order valence-corrected chi connectivity index (χ1v) is 8.28. The van der Waals surface area contributed by atoms with E-state index in [1.807, 2.05) is 18.2 Å². The predicted molar refractivity (Wildman–Crippen MR) is 93.1 cm³/mol. The quantitative estimate of drug-likeness (QED) is 0.619. The van der Waals surface area contributed by atoms with Crippen LogP contribution >= 0.6 is 15.9 Å². The van der Waals surface area contributed by atoms with Crippen molar-refractivity contribution >= 4 is 15.9 Å². The molecule has 0 amide bonds. The Morgan fingerprint density at radius 1 is 0.952 bits per heavy atom. The summed E-state index contributed by atoms with van der Waals surface area (Å²) in [6, 6.07) is 14.7. The van der Waals surface area contributed by atoms with Crippen molar-refractivity contribution in [2.75, 3.05) is 0 Å². The van der Waals surface area contributed by atoms with Gasteiger partial charge in [0, 0.05) is 0 Å². The smallest absolute Gasteiger partial charge is 0.137 e. The second-order valence-corrected chi connectivity index (χ2v) is 6.86. The summed E-state index contributed by atoms with van der Waals surface area (Å²) in [4.78, 5) is 0. The molecule has 0 fully saturated rings. The van der Waals surface area contributed by atoms with E-state index in [1.165, 1.54) is 16.7 Å². The fourth-order valence-electron chi connectivity index (χ4n) is 2.28. The minimum absolute atomic E-state index is 0.436. The first kappa shape index (κ1) is 16.1. The van der Waals surface area contributed by atoms with Crippen molar-refractivity contribution in [3.63, 3.8) is 0 Å². The summed E-state index contributed by atoms with van der Waals surface area (Å²) in [7, 11) is 0. The molecule has 0 unspecified atom stereocenters. The van der Waals surface area contributed by atoms with Crippen molar-refractivity contribution in [1.82, 2.24) is 0 Å². The molecule has 2 aromatic carbocycles. The van der Waals surface area contributed by atoms with Gasteiger partial charge in [0.1, 0.15) is 12.4 Å². The van der Waals surface area contributed by atoms with Gasteiger partial charge in [0.05, 0.1) is 4.47 Å². The van der Waals surface area contributed by atoms with Crippen molar-refractivity contribution in [1.29, 1.82) is 0 Å². The second kappa shape index (κ2) is 7.13. The van der Waals surface area contributed by atoms with Gasteiger partial charge in [0.15, 0.2) is 0 Å². The van der Waals surface area contributed by atoms with Crippen molar-refractivity contribution < 1.29 is 4.74 Å². The van der Waals surface area contributed by atoms with Crippen molar-refractivity contribution in [2.45, 2.75) is 46.1 Å². The zero-order chi connectivity index (χ0) is 15.4. The molecule has 0 aliphatic rings. The van der Waals surface area contributed by atoms with Crippen molar-refractivity contribution in [2.24, 2.45) is 0 Å². The third-order valence-corrected chi connectivity index (χ3v) is 4.20. The molecule has 0 spiro atoms. The molecule has 21 heavy (non-hydrogen) atoms. The zero-order valence-corrected chi connectivity index (χ0v) is 14.8. The lowest BCUT2D eigenvalue weighted by atomic mass is 9.95. The molecular formula is C19H23BrO. The third kappa shape index (κ3) is 4.10. The molecule has 1 nitrogen and oxygen atoms in total. The van der Waals surface area contributed by atoms with E-state index in [0.717, 1.165) is 10.2 Å². The van der Waals surface area contributed by atoms with E-state index in [2.05, 4.69) is 67.9 Å². The summed E-state index contributed by atoms with van der Waals surface area (Å²) in [6.07, 6.45) is 0. The third-order valence-electron chi connectivity index (χ3n) is 3.61. The lowest BCUT2D eigenvalue weighted by molar-refractivity contribution is 0.299. The minimum atomic E-state index is 0.436. The van der Waals surface area contributed by atoms with Crippen LogP contribution in [0, 0.1) is 0 Å². The molecule has 2 aromatic rings. The average molecular weight is 347 g/mol. The van der Waals surface area contributed by atoms with E-state index in [1.54, 1.807) is 0 Å². The highest BCUT2D eigenvalue weighted by Crippen LogP contribution is 2.37. The Balaban J connectivity index is 2.29. The maximum atomic E-state index is 6.10. The average Bonchev–Trinajstić information content (AvgIpc) is 2.46. The monoisotopic (exact) mass is 346 g/mol. The van der Waals surface area contributed by atoms with Crippen LogP contribution in [-0.4, -0.2) is 0 Å². The molecule has 0 N–H and O–H groups in total. The van der Waals surface area contributed by atoms with Gasteiger partial charge in [-0.3, -0.25) is 0 Å². The molecule has 0 heterocycles. The van der Waals surface area contributed by atoms with E-state index >= 15 is 0 Å². The summed E-state index contributed by atoms with van der Waals surface area (Å²) >= 11 is 3.68. The summed E-state index contributed by atoms with van der Waals surface area (Å²) in [5.41, 5.74) is 3.80. The molecule has 0 saturated heterocycles. The van der Waals surface area contributed by atoms with Crippen LogP contribution in [0.5, 0.6) is 5.75 Å². The molecule has 0 radical (unpaired) electrons. The summed E-state index contributed by atoms with van der Waals surface area (Å²) in [5, 5.41) is 0. The Morgan fingerprint density at radius 2 is 1.62 bits per heavy atom. The largest absolute Gasteiger partial charge is 0.487 e. The minimum Gasteiger partial charge on any atom is -0.487 e. The predicted octanol–water partition coefficient (Wildman–Crippen LogP) is 6.27. The number of hydrogen-bond donors (Lipinski definition) is 0. The lowest BCUT2D eigenvalue weighted by Crippen LogP contribution is -2.02. The molecule has 0 aliphatic carbocycles. The van der Waals surface area contributed by atoms with Gasteiger partial charge < -0.3 is 4.74 Å². The van der Waals surface area contributed by atoms with Gasteiger partial charge in [-0.2, -0.15) is 0 Å². The molecule has 0 saturated carbocycles. The van der Waals surface area contributed by atoms with Crippen molar-refractivity contribution in [3.05, 3.63) is 63.6 Å². The fraction of sp³-hybridized carbons (Fsp3) is 0.368. The van der Waals surface area contributed by atoms with E-state index < -0.39 is 0 Å². The molecule has 0 atom stereocenters. The molecular weight excluding hydrogens is 324 g/mol. The Labute approximate surface area is 136 Å². The second-order valence-electron chi connectivity index (χ2n) is 6.00. The Kier molecular flexibility index (Phi) is 5.46. The number of hydrogen-bond acceptors (Lipinski definition) is 1. The normalized spacial score (nSPS) is 11.2. The molecule has 2 heteroatoms. The maximum absolute atomic E-state index is 6.10. The van der Waals surface area contributed by atoms with E-state index in [0.29, 0.717) is 18.4 Å². The number of benzene rings is 2. The molecule has 0 bridgehead atoms.